The highest BCUT2D eigenvalue weighted by Crippen LogP contribution is 2.26. The van der Waals surface area contributed by atoms with Crippen molar-refractivity contribution in [2.45, 2.75) is 39.3 Å². The Kier molecular flexibility index (Phi) is 7.31. The van der Waals surface area contributed by atoms with Gasteiger partial charge < -0.3 is 15.4 Å². The number of amides is 2. The average molecular weight is 405 g/mol. The van der Waals surface area contributed by atoms with Crippen LogP contribution in [0.4, 0.5) is 4.79 Å². The van der Waals surface area contributed by atoms with Gasteiger partial charge in [-0.1, -0.05) is 60.1 Å². The molecule has 0 saturated carbocycles. The fourth-order valence-electron chi connectivity index (χ4n) is 2.49. The molecule has 0 fully saturated rings. The summed E-state index contributed by atoms with van der Waals surface area (Å²) in [5, 5.41) is 5.67. The normalized spacial score (nSPS) is 11.9. The van der Waals surface area contributed by atoms with Crippen molar-refractivity contribution >= 4 is 22.0 Å². The molecule has 0 spiro atoms. The molecule has 0 bridgehead atoms. The number of halogens is 1. The SMILES string of the molecule is CC(NC(=O)NCCc1ccc(Br)cc1)Oc1ccccc1C(C)C. The predicted molar refractivity (Wildman–Crippen MR) is 105 cm³/mol. The molecule has 25 heavy (non-hydrogen) atoms. The minimum atomic E-state index is -0.410. The summed E-state index contributed by atoms with van der Waals surface area (Å²) in [4.78, 5) is 12.0. The van der Waals surface area contributed by atoms with Crippen LogP contribution in [0.5, 0.6) is 5.75 Å². The summed E-state index contributed by atoms with van der Waals surface area (Å²) in [6, 6.07) is 15.8. The molecule has 134 valence electrons. The molecule has 0 aliphatic rings. The first-order chi connectivity index (χ1) is 12.0. The zero-order valence-electron chi connectivity index (χ0n) is 14.9. The second-order valence-electron chi connectivity index (χ2n) is 6.23. The molecule has 2 aromatic carbocycles. The van der Waals surface area contributed by atoms with Gasteiger partial charge in [0.15, 0.2) is 6.23 Å². The second kappa shape index (κ2) is 9.47. The minimum absolute atomic E-state index is 0.230. The van der Waals surface area contributed by atoms with Gasteiger partial charge in [-0.15, -0.1) is 0 Å². The highest BCUT2D eigenvalue weighted by Gasteiger charge is 2.12. The standard InChI is InChI=1S/C20H25BrN2O2/c1-14(2)18-6-4-5-7-19(18)25-15(3)23-20(24)22-13-12-16-8-10-17(21)11-9-16/h4-11,14-15H,12-13H2,1-3H3,(H2,22,23,24). The van der Waals surface area contributed by atoms with Crippen LogP contribution < -0.4 is 15.4 Å². The monoisotopic (exact) mass is 404 g/mol. The van der Waals surface area contributed by atoms with Crippen molar-refractivity contribution in [3.63, 3.8) is 0 Å². The number of carbonyl (C=O) groups is 1. The summed E-state index contributed by atoms with van der Waals surface area (Å²) in [5.41, 5.74) is 2.31. The van der Waals surface area contributed by atoms with Gasteiger partial charge in [-0.3, -0.25) is 0 Å². The van der Waals surface area contributed by atoms with Gasteiger partial charge in [0.25, 0.3) is 0 Å². The Balaban J connectivity index is 1.77. The second-order valence-corrected chi connectivity index (χ2v) is 7.14. The third-order valence-electron chi connectivity index (χ3n) is 3.79. The number of hydrogen-bond donors (Lipinski definition) is 2. The van der Waals surface area contributed by atoms with Crippen LogP contribution in [0.1, 0.15) is 37.8 Å². The van der Waals surface area contributed by atoms with E-state index in [0.29, 0.717) is 12.5 Å². The number of para-hydroxylation sites is 1. The molecular weight excluding hydrogens is 380 g/mol. The molecule has 2 rings (SSSR count). The zero-order chi connectivity index (χ0) is 18.2. The van der Waals surface area contributed by atoms with E-state index in [0.717, 1.165) is 22.2 Å². The highest BCUT2D eigenvalue weighted by atomic mass is 79.9. The number of benzene rings is 2. The molecule has 1 atom stereocenters. The summed E-state index contributed by atoms with van der Waals surface area (Å²) in [6.07, 6.45) is 0.374. The Labute approximate surface area is 158 Å². The van der Waals surface area contributed by atoms with E-state index in [1.165, 1.54) is 5.56 Å². The van der Waals surface area contributed by atoms with Gasteiger partial charge in [-0.25, -0.2) is 4.79 Å². The van der Waals surface area contributed by atoms with Crippen molar-refractivity contribution in [2.24, 2.45) is 0 Å². The predicted octanol–water partition coefficient (Wildman–Crippen LogP) is 4.84. The lowest BCUT2D eigenvalue weighted by Crippen LogP contribution is -2.44. The Bertz CT molecular complexity index is 686. The average Bonchev–Trinajstić information content (AvgIpc) is 2.57. The Morgan fingerprint density at radius 2 is 1.76 bits per heavy atom. The Hall–Kier alpha value is -2.01. The third kappa shape index (κ3) is 6.42. The van der Waals surface area contributed by atoms with Crippen molar-refractivity contribution < 1.29 is 9.53 Å². The van der Waals surface area contributed by atoms with E-state index in [9.17, 15) is 4.79 Å². The van der Waals surface area contributed by atoms with Crippen LogP contribution in [0, 0.1) is 0 Å². The quantitative estimate of drug-likeness (QED) is 0.648. The summed E-state index contributed by atoms with van der Waals surface area (Å²) < 4.78 is 6.93. The number of nitrogens with one attached hydrogen (secondary N) is 2. The molecule has 0 radical (unpaired) electrons. The first kappa shape index (κ1) is 19.3. The Morgan fingerprint density at radius 3 is 2.44 bits per heavy atom. The topological polar surface area (TPSA) is 50.4 Å². The highest BCUT2D eigenvalue weighted by molar-refractivity contribution is 9.10. The summed E-state index contributed by atoms with van der Waals surface area (Å²) in [5.74, 6) is 1.17. The summed E-state index contributed by atoms with van der Waals surface area (Å²) in [7, 11) is 0. The molecule has 2 amide bonds. The number of ether oxygens (including phenoxy) is 1. The number of carbonyl (C=O) groups excluding carboxylic acids is 1. The lowest BCUT2D eigenvalue weighted by molar-refractivity contribution is 0.175. The minimum Gasteiger partial charge on any atom is -0.471 e. The largest absolute Gasteiger partial charge is 0.471 e. The summed E-state index contributed by atoms with van der Waals surface area (Å²) in [6.45, 7) is 6.64. The van der Waals surface area contributed by atoms with Crippen molar-refractivity contribution in [3.05, 3.63) is 64.1 Å². The van der Waals surface area contributed by atoms with E-state index >= 15 is 0 Å². The molecule has 4 nitrogen and oxygen atoms in total. The summed E-state index contributed by atoms with van der Waals surface area (Å²) >= 11 is 3.41. The van der Waals surface area contributed by atoms with Crippen LogP contribution in [0.15, 0.2) is 53.0 Å². The fraction of sp³-hybridized carbons (Fsp3) is 0.350. The van der Waals surface area contributed by atoms with Gasteiger partial charge in [0.2, 0.25) is 0 Å². The van der Waals surface area contributed by atoms with Crippen LogP contribution in [0.2, 0.25) is 0 Å². The van der Waals surface area contributed by atoms with Crippen LogP contribution in [0.3, 0.4) is 0 Å². The van der Waals surface area contributed by atoms with Gasteiger partial charge >= 0.3 is 6.03 Å². The first-order valence-corrected chi connectivity index (χ1v) is 9.29. The maximum absolute atomic E-state index is 12.0. The maximum atomic E-state index is 12.0. The lowest BCUT2D eigenvalue weighted by Gasteiger charge is -2.20. The van der Waals surface area contributed by atoms with Crippen molar-refractivity contribution in [1.29, 1.82) is 0 Å². The molecule has 0 aromatic heterocycles. The van der Waals surface area contributed by atoms with Gasteiger partial charge in [0, 0.05) is 11.0 Å². The third-order valence-corrected chi connectivity index (χ3v) is 4.32. The van der Waals surface area contributed by atoms with E-state index in [2.05, 4.69) is 40.4 Å². The molecule has 0 aliphatic heterocycles. The van der Waals surface area contributed by atoms with Crippen LogP contribution in [0.25, 0.3) is 0 Å². The first-order valence-electron chi connectivity index (χ1n) is 8.50. The van der Waals surface area contributed by atoms with Gasteiger partial charge in [0.05, 0.1) is 0 Å². The molecular formula is C20H25BrN2O2. The Morgan fingerprint density at radius 1 is 1.08 bits per heavy atom. The van der Waals surface area contributed by atoms with E-state index in [4.69, 9.17) is 4.74 Å². The molecule has 0 heterocycles. The van der Waals surface area contributed by atoms with Gasteiger partial charge in [-0.05, 0) is 48.6 Å². The molecule has 2 N–H and O–H groups in total. The van der Waals surface area contributed by atoms with Crippen LogP contribution in [-0.2, 0) is 6.42 Å². The smallest absolute Gasteiger partial charge is 0.317 e. The maximum Gasteiger partial charge on any atom is 0.317 e. The molecule has 0 saturated heterocycles. The molecule has 2 aromatic rings. The van der Waals surface area contributed by atoms with Gasteiger partial charge in [-0.2, -0.15) is 0 Å². The van der Waals surface area contributed by atoms with E-state index in [-0.39, 0.29) is 6.03 Å². The van der Waals surface area contributed by atoms with Crippen molar-refractivity contribution in [3.8, 4) is 5.75 Å². The van der Waals surface area contributed by atoms with E-state index in [1.54, 1.807) is 0 Å². The van der Waals surface area contributed by atoms with E-state index < -0.39 is 6.23 Å². The zero-order valence-corrected chi connectivity index (χ0v) is 16.5. The van der Waals surface area contributed by atoms with Crippen LogP contribution in [-0.4, -0.2) is 18.8 Å². The van der Waals surface area contributed by atoms with Gasteiger partial charge in [0.1, 0.15) is 5.75 Å². The lowest BCUT2D eigenvalue weighted by atomic mass is 10.0. The van der Waals surface area contributed by atoms with E-state index in [1.807, 2.05) is 55.5 Å². The van der Waals surface area contributed by atoms with Crippen LogP contribution >= 0.6 is 15.9 Å². The molecule has 1 unspecified atom stereocenters. The van der Waals surface area contributed by atoms with Crippen molar-refractivity contribution in [1.82, 2.24) is 10.6 Å². The molecule has 5 heteroatoms. The fourth-order valence-corrected chi connectivity index (χ4v) is 2.76. The number of hydrogen-bond acceptors (Lipinski definition) is 2. The number of urea groups is 1. The van der Waals surface area contributed by atoms with Crippen molar-refractivity contribution in [2.75, 3.05) is 6.54 Å². The molecule has 0 aliphatic carbocycles. The number of rotatable bonds is 7.